The number of hydrogen-bond acceptors (Lipinski definition) is 4. The Labute approximate surface area is 147 Å². The first kappa shape index (κ1) is 16.3. The maximum absolute atomic E-state index is 13.1. The van der Waals surface area contributed by atoms with Crippen molar-refractivity contribution in [1.29, 1.82) is 0 Å². The summed E-state index contributed by atoms with van der Waals surface area (Å²) >= 11 is 0. The summed E-state index contributed by atoms with van der Waals surface area (Å²) < 4.78 is 14.8. The summed E-state index contributed by atoms with van der Waals surface area (Å²) in [6.07, 6.45) is 1.69. The van der Waals surface area contributed by atoms with E-state index < -0.39 is 17.8 Å². The number of rotatable bonds is 4. The summed E-state index contributed by atoms with van der Waals surface area (Å²) in [4.78, 5) is 28.8. The standard InChI is InChI=1S/C19H16FN3O3/c20-12-5-3-11(4-6-12)17(19(25)26)21-13-7-8-15-14(10-13)18(24)23-9-1-2-16(23)22-15/h3-8,10,17,21H,1-2,9H2,(H,25,26). The Morgan fingerprint density at radius 1 is 1.23 bits per heavy atom. The lowest BCUT2D eigenvalue weighted by atomic mass is 10.1. The summed E-state index contributed by atoms with van der Waals surface area (Å²) in [7, 11) is 0. The van der Waals surface area contributed by atoms with Crippen LogP contribution in [0.3, 0.4) is 0 Å². The van der Waals surface area contributed by atoms with Gasteiger partial charge in [-0.25, -0.2) is 14.2 Å². The third-order valence-corrected chi connectivity index (χ3v) is 4.58. The van der Waals surface area contributed by atoms with Gasteiger partial charge in [0.2, 0.25) is 0 Å². The van der Waals surface area contributed by atoms with Gasteiger partial charge in [0, 0.05) is 18.7 Å². The van der Waals surface area contributed by atoms with Gasteiger partial charge < -0.3 is 10.4 Å². The number of aryl methyl sites for hydroxylation is 1. The number of fused-ring (bicyclic) bond motifs is 2. The van der Waals surface area contributed by atoms with E-state index in [2.05, 4.69) is 10.3 Å². The van der Waals surface area contributed by atoms with E-state index in [-0.39, 0.29) is 5.56 Å². The zero-order chi connectivity index (χ0) is 18.3. The molecule has 3 aromatic rings. The molecule has 4 rings (SSSR count). The Balaban J connectivity index is 1.73. The van der Waals surface area contributed by atoms with Crippen LogP contribution in [0.15, 0.2) is 47.3 Å². The molecule has 2 N–H and O–H groups in total. The molecule has 26 heavy (non-hydrogen) atoms. The predicted molar refractivity (Wildman–Crippen MR) is 94.7 cm³/mol. The summed E-state index contributed by atoms with van der Waals surface area (Å²) in [5, 5.41) is 12.9. The number of aromatic nitrogens is 2. The molecule has 1 aliphatic rings. The molecule has 1 aliphatic heterocycles. The molecule has 132 valence electrons. The fraction of sp³-hybridized carbons (Fsp3) is 0.211. The molecular formula is C19H16FN3O3. The van der Waals surface area contributed by atoms with Crippen LogP contribution in [0.2, 0.25) is 0 Å². The van der Waals surface area contributed by atoms with Crippen LogP contribution in [-0.2, 0) is 17.8 Å². The Morgan fingerprint density at radius 3 is 2.73 bits per heavy atom. The molecule has 1 aromatic heterocycles. The molecule has 1 atom stereocenters. The maximum Gasteiger partial charge on any atom is 0.330 e. The maximum atomic E-state index is 13.1. The van der Waals surface area contributed by atoms with Crippen molar-refractivity contribution in [2.75, 3.05) is 5.32 Å². The number of carboxylic acids is 1. The van der Waals surface area contributed by atoms with E-state index in [0.717, 1.165) is 18.7 Å². The largest absolute Gasteiger partial charge is 0.479 e. The van der Waals surface area contributed by atoms with Gasteiger partial charge in [0.05, 0.1) is 10.9 Å². The number of anilines is 1. The molecule has 0 aliphatic carbocycles. The van der Waals surface area contributed by atoms with Crippen molar-refractivity contribution < 1.29 is 14.3 Å². The summed E-state index contributed by atoms with van der Waals surface area (Å²) in [5.41, 5.74) is 1.40. The van der Waals surface area contributed by atoms with Crippen LogP contribution in [0.4, 0.5) is 10.1 Å². The van der Waals surface area contributed by atoms with Crippen molar-refractivity contribution in [2.24, 2.45) is 0 Å². The first-order chi connectivity index (χ1) is 12.5. The first-order valence-corrected chi connectivity index (χ1v) is 8.31. The highest BCUT2D eigenvalue weighted by Crippen LogP contribution is 2.23. The fourth-order valence-electron chi connectivity index (χ4n) is 3.28. The highest BCUT2D eigenvalue weighted by atomic mass is 19.1. The van der Waals surface area contributed by atoms with Crippen LogP contribution in [0.1, 0.15) is 23.9 Å². The monoisotopic (exact) mass is 353 g/mol. The van der Waals surface area contributed by atoms with Gasteiger partial charge in [-0.2, -0.15) is 0 Å². The Hall–Kier alpha value is -3.22. The van der Waals surface area contributed by atoms with Crippen LogP contribution in [-0.4, -0.2) is 20.6 Å². The van der Waals surface area contributed by atoms with Gasteiger partial charge >= 0.3 is 5.97 Å². The van der Waals surface area contributed by atoms with Crippen LogP contribution in [0.5, 0.6) is 0 Å². The number of halogens is 1. The Bertz CT molecular complexity index is 1060. The van der Waals surface area contributed by atoms with Gasteiger partial charge in [-0.05, 0) is 42.3 Å². The third-order valence-electron chi connectivity index (χ3n) is 4.58. The molecule has 0 spiro atoms. The van der Waals surface area contributed by atoms with Gasteiger partial charge in [0.15, 0.2) is 6.04 Å². The van der Waals surface area contributed by atoms with Gasteiger partial charge in [-0.15, -0.1) is 0 Å². The van der Waals surface area contributed by atoms with Crippen molar-refractivity contribution in [2.45, 2.75) is 25.4 Å². The van der Waals surface area contributed by atoms with E-state index in [1.165, 1.54) is 24.3 Å². The van der Waals surface area contributed by atoms with E-state index in [0.29, 0.717) is 28.7 Å². The lowest BCUT2D eigenvalue weighted by molar-refractivity contribution is -0.138. The second kappa shape index (κ2) is 6.25. The van der Waals surface area contributed by atoms with Crippen molar-refractivity contribution in [3.05, 3.63) is 70.0 Å². The van der Waals surface area contributed by atoms with Crippen LogP contribution in [0, 0.1) is 5.82 Å². The van der Waals surface area contributed by atoms with Crippen LogP contribution in [0.25, 0.3) is 10.9 Å². The van der Waals surface area contributed by atoms with Crippen molar-refractivity contribution in [1.82, 2.24) is 9.55 Å². The minimum Gasteiger partial charge on any atom is -0.479 e. The van der Waals surface area contributed by atoms with Gasteiger partial charge in [0.25, 0.3) is 5.56 Å². The molecule has 0 amide bonds. The fourth-order valence-corrected chi connectivity index (χ4v) is 3.28. The number of carboxylic acid groups (broad SMARTS) is 1. The number of hydrogen-bond donors (Lipinski definition) is 2. The van der Waals surface area contributed by atoms with Crippen molar-refractivity contribution >= 4 is 22.6 Å². The quantitative estimate of drug-likeness (QED) is 0.753. The van der Waals surface area contributed by atoms with Crippen molar-refractivity contribution in [3.8, 4) is 0 Å². The zero-order valence-corrected chi connectivity index (χ0v) is 13.8. The molecule has 0 saturated heterocycles. The molecule has 2 heterocycles. The number of nitrogens with zero attached hydrogens (tertiary/aromatic N) is 2. The molecule has 6 nitrogen and oxygen atoms in total. The second-order valence-electron chi connectivity index (χ2n) is 6.29. The molecule has 0 fully saturated rings. The SMILES string of the molecule is O=C(O)C(Nc1ccc2nc3n(c(=O)c2c1)CCC3)c1ccc(F)cc1. The van der Waals surface area contributed by atoms with E-state index in [9.17, 15) is 19.1 Å². The summed E-state index contributed by atoms with van der Waals surface area (Å²) in [6, 6.07) is 9.24. The van der Waals surface area contributed by atoms with E-state index in [4.69, 9.17) is 0 Å². The lowest BCUT2D eigenvalue weighted by Crippen LogP contribution is -2.22. The smallest absolute Gasteiger partial charge is 0.330 e. The molecule has 1 unspecified atom stereocenters. The topological polar surface area (TPSA) is 84.2 Å². The summed E-state index contributed by atoms with van der Waals surface area (Å²) in [6.45, 7) is 0.655. The number of benzene rings is 2. The van der Waals surface area contributed by atoms with Gasteiger partial charge in [-0.3, -0.25) is 9.36 Å². The molecule has 7 heteroatoms. The Morgan fingerprint density at radius 2 is 2.00 bits per heavy atom. The minimum absolute atomic E-state index is 0.111. The van der Waals surface area contributed by atoms with Crippen LogP contribution < -0.4 is 10.9 Å². The highest BCUT2D eigenvalue weighted by molar-refractivity contribution is 5.84. The average molecular weight is 353 g/mol. The molecule has 0 bridgehead atoms. The molecule has 2 aromatic carbocycles. The normalized spacial score (nSPS) is 14.2. The molecular weight excluding hydrogens is 337 g/mol. The molecule has 0 saturated carbocycles. The lowest BCUT2D eigenvalue weighted by Gasteiger charge is -2.16. The minimum atomic E-state index is -1.10. The Kier molecular flexibility index (Phi) is 3.91. The van der Waals surface area contributed by atoms with Gasteiger partial charge in [0.1, 0.15) is 11.6 Å². The number of carbonyl (C=O) groups is 1. The number of nitrogens with one attached hydrogen (secondary N) is 1. The van der Waals surface area contributed by atoms with Crippen LogP contribution >= 0.6 is 0 Å². The van der Waals surface area contributed by atoms with Crippen molar-refractivity contribution in [3.63, 3.8) is 0 Å². The third kappa shape index (κ3) is 2.81. The molecule has 0 radical (unpaired) electrons. The second-order valence-corrected chi connectivity index (χ2v) is 6.29. The predicted octanol–water partition coefficient (Wildman–Crippen LogP) is 2.72. The average Bonchev–Trinajstić information content (AvgIpc) is 3.10. The highest BCUT2D eigenvalue weighted by Gasteiger charge is 2.21. The number of aliphatic carboxylic acids is 1. The van der Waals surface area contributed by atoms with E-state index >= 15 is 0 Å². The summed E-state index contributed by atoms with van der Waals surface area (Å²) in [5.74, 6) is -0.741. The first-order valence-electron chi connectivity index (χ1n) is 8.31. The van der Waals surface area contributed by atoms with E-state index in [1.807, 2.05) is 0 Å². The van der Waals surface area contributed by atoms with E-state index in [1.54, 1.807) is 22.8 Å². The van der Waals surface area contributed by atoms with Gasteiger partial charge in [-0.1, -0.05) is 12.1 Å². The zero-order valence-electron chi connectivity index (χ0n) is 13.8.